The molecule has 0 unspecified atom stereocenters. The third-order valence-electron chi connectivity index (χ3n) is 3.41. The Morgan fingerprint density at radius 3 is 1.35 bits per heavy atom. The summed E-state index contributed by atoms with van der Waals surface area (Å²) >= 11 is 0. The summed E-state index contributed by atoms with van der Waals surface area (Å²) in [5, 5.41) is 1.45. The smallest absolute Gasteiger partial charge is 0.261 e. The Bertz CT molecular complexity index is 1180. The first-order valence-electron chi connectivity index (χ1n) is 6.98. The molecule has 4 rings (SSSR count). The van der Waals surface area contributed by atoms with E-state index in [1.807, 2.05) is 0 Å². The first-order valence-corrected chi connectivity index (χ1v) is 11.6. The van der Waals surface area contributed by atoms with E-state index in [0.29, 0.717) is 11.2 Å². The molecular weight excluding hydrogens is 423 g/mol. The van der Waals surface area contributed by atoms with Crippen LogP contribution in [-0.2, 0) is 18.1 Å². The second kappa shape index (κ2) is 6.96. The number of fused-ring (bicyclic) bond motifs is 2. The molecule has 0 saturated carbocycles. The molecule has 0 atom stereocenters. The highest BCUT2D eigenvalue weighted by atomic mass is 35.7. The highest BCUT2D eigenvalue weighted by Crippen LogP contribution is 2.23. The molecule has 2 aromatic carbocycles. The van der Waals surface area contributed by atoms with Gasteiger partial charge in [-0.25, -0.2) is 16.8 Å². The van der Waals surface area contributed by atoms with Crippen molar-refractivity contribution in [3.63, 3.8) is 0 Å². The van der Waals surface area contributed by atoms with Crippen LogP contribution in [0, 0.1) is 0 Å². The van der Waals surface area contributed by atoms with Crippen LogP contribution in [-0.4, -0.2) is 16.8 Å². The summed E-state index contributed by atoms with van der Waals surface area (Å²) in [6.45, 7) is 0. The number of benzene rings is 2. The maximum absolute atomic E-state index is 10.9. The van der Waals surface area contributed by atoms with E-state index in [-0.39, 0.29) is 9.79 Å². The Morgan fingerprint density at radius 2 is 1.00 bits per heavy atom. The van der Waals surface area contributed by atoms with Gasteiger partial charge in [0, 0.05) is 32.1 Å². The molecule has 0 radical (unpaired) electrons. The van der Waals surface area contributed by atoms with Gasteiger partial charge in [-0.05, 0) is 48.5 Å². The number of hydrogen-bond acceptors (Lipinski definition) is 6. The summed E-state index contributed by atoms with van der Waals surface area (Å²) in [4.78, 5) is 0.172. The summed E-state index contributed by atoms with van der Waals surface area (Å²) in [5.41, 5.74) is 1.29. The van der Waals surface area contributed by atoms with Crippen LogP contribution in [0.1, 0.15) is 0 Å². The molecule has 2 aromatic heterocycles. The molecule has 0 N–H and O–H groups in total. The number of hydrogen-bond donors (Lipinski definition) is 0. The molecule has 0 saturated heterocycles. The van der Waals surface area contributed by atoms with Gasteiger partial charge in [0.25, 0.3) is 18.1 Å². The lowest BCUT2D eigenvalue weighted by Crippen LogP contribution is -1.88. The van der Waals surface area contributed by atoms with Crippen LogP contribution in [0.5, 0.6) is 0 Å². The fourth-order valence-electron chi connectivity index (χ4n) is 2.19. The highest BCUT2D eigenvalue weighted by Gasteiger charge is 2.11. The molecule has 0 spiro atoms. The van der Waals surface area contributed by atoms with Crippen molar-refractivity contribution in [2.45, 2.75) is 9.79 Å². The Morgan fingerprint density at radius 1 is 0.615 bits per heavy atom. The van der Waals surface area contributed by atoms with E-state index in [1.54, 1.807) is 24.3 Å². The van der Waals surface area contributed by atoms with Crippen molar-refractivity contribution < 1.29 is 25.7 Å². The third-order valence-corrected chi connectivity index (χ3v) is 6.11. The lowest BCUT2D eigenvalue weighted by Gasteiger charge is -1.94. The molecule has 0 amide bonds. The van der Waals surface area contributed by atoms with Crippen LogP contribution < -0.4 is 0 Å². The lowest BCUT2D eigenvalue weighted by molar-refractivity contribution is 0.607. The van der Waals surface area contributed by atoms with Gasteiger partial charge >= 0.3 is 0 Å². The summed E-state index contributed by atoms with van der Waals surface area (Å²) in [6, 6.07) is 12.3. The van der Waals surface area contributed by atoms with Crippen molar-refractivity contribution in [2.24, 2.45) is 0 Å². The van der Waals surface area contributed by atoms with Gasteiger partial charge in [-0.3, -0.25) is 0 Å². The fourth-order valence-corrected chi connectivity index (χ4v) is 3.77. The maximum atomic E-state index is 10.9. The monoisotopic (exact) mass is 432 g/mol. The summed E-state index contributed by atoms with van der Waals surface area (Å²) in [6.07, 6.45) is 2.99. The van der Waals surface area contributed by atoms with E-state index in [4.69, 9.17) is 30.2 Å². The molecule has 0 aliphatic rings. The first-order chi connectivity index (χ1) is 12.1. The molecule has 136 valence electrons. The van der Waals surface area contributed by atoms with Crippen molar-refractivity contribution in [1.29, 1.82) is 0 Å². The molecule has 0 aliphatic heterocycles. The molecule has 10 heteroatoms. The minimum Gasteiger partial charge on any atom is -0.464 e. The van der Waals surface area contributed by atoms with Gasteiger partial charge in [-0.2, -0.15) is 0 Å². The van der Waals surface area contributed by atoms with Gasteiger partial charge in [0.1, 0.15) is 11.2 Å². The lowest BCUT2D eigenvalue weighted by atomic mass is 10.3. The largest absolute Gasteiger partial charge is 0.464 e. The molecule has 0 bridgehead atoms. The van der Waals surface area contributed by atoms with Gasteiger partial charge in [-0.1, -0.05) is 0 Å². The molecule has 4 aromatic rings. The van der Waals surface area contributed by atoms with Crippen LogP contribution in [0.15, 0.2) is 79.7 Å². The number of furan rings is 2. The fraction of sp³-hybridized carbons (Fsp3) is 0. The molecule has 2 heterocycles. The predicted molar refractivity (Wildman–Crippen MR) is 98.5 cm³/mol. The molecule has 26 heavy (non-hydrogen) atoms. The van der Waals surface area contributed by atoms with E-state index in [2.05, 4.69) is 0 Å². The van der Waals surface area contributed by atoms with Gasteiger partial charge in [0.05, 0.1) is 22.3 Å². The van der Waals surface area contributed by atoms with Crippen molar-refractivity contribution >= 4 is 61.4 Å². The summed E-state index contributed by atoms with van der Waals surface area (Å²) in [7, 11) is 3.05. The predicted octanol–water partition coefficient (Wildman–Crippen LogP) is 4.72. The third kappa shape index (κ3) is 4.21. The molecular formula is C16H10Cl2O6S2. The van der Waals surface area contributed by atoms with Gasteiger partial charge in [-0.15, -0.1) is 0 Å². The highest BCUT2D eigenvalue weighted by molar-refractivity contribution is 8.14. The zero-order valence-corrected chi connectivity index (χ0v) is 15.9. The van der Waals surface area contributed by atoms with E-state index in [0.717, 1.165) is 10.8 Å². The van der Waals surface area contributed by atoms with Gasteiger partial charge < -0.3 is 8.83 Å². The topological polar surface area (TPSA) is 94.6 Å². The van der Waals surface area contributed by atoms with E-state index in [9.17, 15) is 16.8 Å². The number of rotatable bonds is 2. The van der Waals surface area contributed by atoms with E-state index >= 15 is 0 Å². The summed E-state index contributed by atoms with van der Waals surface area (Å²) in [5.74, 6) is 0. The molecule has 6 nitrogen and oxygen atoms in total. The Hall–Kier alpha value is -2.00. The van der Waals surface area contributed by atoms with Crippen LogP contribution >= 0.6 is 21.4 Å². The zero-order chi connectivity index (χ0) is 18.9. The Kier molecular flexibility index (Phi) is 5.03. The standard InChI is InChI=1S/2C8H5ClO3S/c2*9-13(10,11)7-1-2-8-6(5-7)3-4-12-8/h2*1-5H. The average Bonchev–Trinajstić information content (AvgIpc) is 3.21. The van der Waals surface area contributed by atoms with Crippen molar-refractivity contribution in [3.05, 3.63) is 61.1 Å². The van der Waals surface area contributed by atoms with Crippen molar-refractivity contribution in [3.8, 4) is 0 Å². The maximum Gasteiger partial charge on any atom is 0.261 e. The van der Waals surface area contributed by atoms with Gasteiger partial charge in [0.2, 0.25) is 0 Å². The van der Waals surface area contributed by atoms with E-state index < -0.39 is 18.1 Å². The number of halogens is 2. The second-order valence-electron chi connectivity index (χ2n) is 5.12. The van der Waals surface area contributed by atoms with Crippen LogP contribution in [0.3, 0.4) is 0 Å². The normalized spacial score (nSPS) is 12.1. The molecule has 0 fully saturated rings. The van der Waals surface area contributed by atoms with Crippen LogP contribution in [0.25, 0.3) is 21.9 Å². The van der Waals surface area contributed by atoms with Crippen LogP contribution in [0.4, 0.5) is 0 Å². The van der Waals surface area contributed by atoms with Gasteiger partial charge in [0.15, 0.2) is 0 Å². The molecule has 0 aliphatic carbocycles. The first kappa shape index (κ1) is 18.8. The average molecular weight is 433 g/mol. The minimum atomic E-state index is -3.64. The van der Waals surface area contributed by atoms with E-state index in [1.165, 1.54) is 36.8 Å². The Balaban J connectivity index is 0.000000151. The van der Waals surface area contributed by atoms with Crippen LogP contribution in [0.2, 0.25) is 0 Å². The second-order valence-corrected chi connectivity index (χ2v) is 10.2. The van der Waals surface area contributed by atoms with Crippen molar-refractivity contribution in [2.75, 3.05) is 0 Å². The zero-order valence-electron chi connectivity index (χ0n) is 12.8. The quantitative estimate of drug-likeness (QED) is 0.425. The Labute approximate surface area is 157 Å². The summed E-state index contributed by atoms with van der Waals surface area (Å²) < 4.78 is 53.8. The van der Waals surface area contributed by atoms with Crippen molar-refractivity contribution in [1.82, 2.24) is 0 Å². The SMILES string of the molecule is O=S(=O)(Cl)c1ccc2occc2c1.O=S(=O)(Cl)c1ccc2occc2c1. The minimum absolute atomic E-state index is 0.0862.